The average Bonchev–Trinajstić information content (AvgIpc) is 2.46. The number of ether oxygens (including phenoxy) is 1. The third-order valence-electron chi connectivity index (χ3n) is 2.90. The van der Waals surface area contributed by atoms with E-state index in [0.29, 0.717) is 28.6 Å². The molecule has 2 rings (SSSR count). The van der Waals surface area contributed by atoms with E-state index in [2.05, 4.69) is 5.32 Å². The summed E-state index contributed by atoms with van der Waals surface area (Å²) in [7, 11) is 1.55. The molecular formula is C15H15ClN2O2. The number of methoxy groups -OCH3 is 1. The molecule has 0 saturated carbocycles. The quantitative estimate of drug-likeness (QED) is 0.851. The highest BCUT2D eigenvalue weighted by Crippen LogP contribution is 2.20. The Bertz CT molecular complexity index is 629. The first-order chi connectivity index (χ1) is 9.61. The maximum absolute atomic E-state index is 12.1. The molecule has 0 aliphatic rings. The van der Waals surface area contributed by atoms with Gasteiger partial charge in [0.15, 0.2) is 0 Å². The molecule has 104 valence electrons. The Kier molecular flexibility index (Phi) is 4.48. The van der Waals surface area contributed by atoms with Crippen molar-refractivity contribution in [3.05, 3.63) is 58.6 Å². The highest BCUT2D eigenvalue weighted by molar-refractivity contribution is 6.31. The van der Waals surface area contributed by atoms with E-state index in [9.17, 15) is 4.79 Å². The molecule has 20 heavy (non-hydrogen) atoms. The molecule has 2 aromatic carbocycles. The molecule has 3 N–H and O–H groups in total. The monoisotopic (exact) mass is 290 g/mol. The van der Waals surface area contributed by atoms with Crippen LogP contribution in [0.3, 0.4) is 0 Å². The van der Waals surface area contributed by atoms with E-state index in [4.69, 9.17) is 22.1 Å². The van der Waals surface area contributed by atoms with Gasteiger partial charge in [0.05, 0.1) is 12.7 Å². The van der Waals surface area contributed by atoms with Crippen LogP contribution < -0.4 is 15.8 Å². The van der Waals surface area contributed by atoms with Crippen LogP contribution in [0.2, 0.25) is 5.02 Å². The normalized spacial score (nSPS) is 10.1. The average molecular weight is 291 g/mol. The molecular weight excluding hydrogens is 276 g/mol. The number of amides is 1. The minimum atomic E-state index is -0.245. The van der Waals surface area contributed by atoms with Crippen LogP contribution in [0.25, 0.3) is 0 Å². The second-order valence-electron chi connectivity index (χ2n) is 4.23. The third kappa shape index (κ3) is 3.22. The Morgan fingerprint density at radius 2 is 2.05 bits per heavy atom. The van der Waals surface area contributed by atoms with Gasteiger partial charge in [-0.15, -0.1) is 0 Å². The zero-order valence-corrected chi connectivity index (χ0v) is 11.8. The van der Waals surface area contributed by atoms with E-state index in [1.165, 1.54) is 0 Å². The fourth-order valence-corrected chi connectivity index (χ4v) is 1.99. The number of carbonyl (C=O) groups excluding carboxylic acids is 1. The highest BCUT2D eigenvalue weighted by atomic mass is 35.5. The number of benzene rings is 2. The Balaban J connectivity index is 2.07. The van der Waals surface area contributed by atoms with E-state index in [1.807, 2.05) is 18.2 Å². The van der Waals surface area contributed by atoms with Crippen LogP contribution in [-0.4, -0.2) is 13.0 Å². The lowest BCUT2D eigenvalue weighted by Gasteiger charge is -2.09. The van der Waals surface area contributed by atoms with Crippen molar-refractivity contribution < 1.29 is 9.53 Å². The van der Waals surface area contributed by atoms with Crippen molar-refractivity contribution in [2.75, 3.05) is 12.8 Å². The van der Waals surface area contributed by atoms with Crippen LogP contribution >= 0.6 is 11.6 Å². The fraction of sp³-hybridized carbons (Fsp3) is 0.133. The summed E-state index contributed by atoms with van der Waals surface area (Å²) in [5, 5.41) is 3.41. The van der Waals surface area contributed by atoms with Crippen molar-refractivity contribution in [3.8, 4) is 5.75 Å². The van der Waals surface area contributed by atoms with Gasteiger partial charge in [-0.2, -0.15) is 0 Å². The summed E-state index contributed by atoms with van der Waals surface area (Å²) in [6, 6.07) is 12.3. The maximum atomic E-state index is 12.1. The highest BCUT2D eigenvalue weighted by Gasteiger charge is 2.10. The van der Waals surface area contributed by atoms with Gasteiger partial charge in [0.25, 0.3) is 5.91 Å². The van der Waals surface area contributed by atoms with Gasteiger partial charge >= 0.3 is 0 Å². The van der Waals surface area contributed by atoms with Crippen molar-refractivity contribution in [1.82, 2.24) is 5.32 Å². The van der Waals surface area contributed by atoms with Crippen molar-refractivity contribution >= 4 is 23.2 Å². The summed E-state index contributed by atoms with van der Waals surface area (Å²) in [5.41, 5.74) is 7.48. The molecule has 0 aliphatic heterocycles. The SMILES string of the molecule is COc1ccc(C(=O)NCc2ccccc2Cl)c(N)c1. The molecule has 1 amide bonds. The summed E-state index contributed by atoms with van der Waals surface area (Å²) in [4.78, 5) is 12.1. The molecule has 2 aromatic rings. The van der Waals surface area contributed by atoms with Crippen LogP contribution in [0.1, 0.15) is 15.9 Å². The van der Waals surface area contributed by atoms with Gasteiger partial charge in [-0.3, -0.25) is 4.79 Å². The molecule has 0 unspecified atom stereocenters. The van der Waals surface area contributed by atoms with Gasteiger partial charge in [-0.25, -0.2) is 0 Å². The third-order valence-corrected chi connectivity index (χ3v) is 3.27. The molecule has 4 nitrogen and oxygen atoms in total. The summed E-state index contributed by atoms with van der Waals surface area (Å²) in [6.07, 6.45) is 0. The molecule has 0 fully saturated rings. The first-order valence-corrected chi connectivity index (χ1v) is 6.44. The van der Waals surface area contributed by atoms with Crippen molar-refractivity contribution in [1.29, 1.82) is 0 Å². The van der Waals surface area contributed by atoms with E-state index < -0.39 is 0 Å². The Labute approximate surface area is 122 Å². The number of rotatable bonds is 4. The smallest absolute Gasteiger partial charge is 0.253 e. The maximum Gasteiger partial charge on any atom is 0.253 e. The largest absolute Gasteiger partial charge is 0.497 e. The fourth-order valence-electron chi connectivity index (χ4n) is 1.79. The van der Waals surface area contributed by atoms with Crippen LogP contribution in [0.5, 0.6) is 5.75 Å². The minimum Gasteiger partial charge on any atom is -0.497 e. The molecule has 0 radical (unpaired) electrons. The number of hydrogen-bond acceptors (Lipinski definition) is 3. The number of anilines is 1. The molecule has 0 aliphatic carbocycles. The number of hydrogen-bond donors (Lipinski definition) is 2. The number of halogens is 1. The van der Waals surface area contributed by atoms with Gasteiger partial charge in [0.2, 0.25) is 0 Å². The molecule has 0 bridgehead atoms. The summed E-state index contributed by atoms with van der Waals surface area (Å²) < 4.78 is 5.05. The van der Waals surface area contributed by atoms with Crippen LogP contribution in [-0.2, 0) is 6.54 Å². The van der Waals surface area contributed by atoms with Gasteiger partial charge in [-0.1, -0.05) is 29.8 Å². The number of nitrogen functional groups attached to an aromatic ring is 1. The lowest BCUT2D eigenvalue weighted by atomic mass is 10.1. The van der Waals surface area contributed by atoms with Gasteiger partial charge in [0.1, 0.15) is 5.75 Å². The zero-order valence-electron chi connectivity index (χ0n) is 11.0. The molecule has 0 spiro atoms. The minimum absolute atomic E-state index is 0.245. The molecule has 5 heteroatoms. The van der Waals surface area contributed by atoms with Crippen molar-refractivity contribution in [3.63, 3.8) is 0 Å². The first-order valence-electron chi connectivity index (χ1n) is 6.07. The van der Waals surface area contributed by atoms with E-state index in [-0.39, 0.29) is 5.91 Å². The Morgan fingerprint density at radius 3 is 2.70 bits per heavy atom. The van der Waals surface area contributed by atoms with Gasteiger partial charge in [-0.05, 0) is 23.8 Å². The number of nitrogens with two attached hydrogens (primary N) is 1. The van der Waals surface area contributed by atoms with Crippen LogP contribution in [0.4, 0.5) is 5.69 Å². The second kappa shape index (κ2) is 6.30. The van der Waals surface area contributed by atoms with E-state index >= 15 is 0 Å². The number of nitrogens with one attached hydrogen (secondary N) is 1. The summed E-state index contributed by atoms with van der Waals surface area (Å²) in [6.45, 7) is 0.351. The van der Waals surface area contributed by atoms with Crippen molar-refractivity contribution in [2.24, 2.45) is 0 Å². The zero-order chi connectivity index (χ0) is 14.5. The predicted octanol–water partition coefficient (Wildman–Crippen LogP) is 2.86. The van der Waals surface area contributed by atoms with Crippen LogP contribution in [0.15, 0.2) is 42.5 Å². The Morgan fingerprint density at radius 1 is 1.30 bits per heavy atom. The summed E-state index contributed by atoms with van der Waals surface area (Å²) in [5.74, 6) is 0.371. The number of carbonyl (C=O) groups is 1. The first kappa shape index (κ1) is 14.2. The van der Waals surface area contributed by atoms with Gasteiger partial charge in [0, 0.05) is 23.3 Å². The Hall–Kier alpha value is -2.20. The predicted molar refractivity (Wildman–Crippen MR) is 80.0 cm³/mol. The molecule has 0 saturated heterocycles. The van der Waals surface area contributed by atoms with Crippen LogP contribution in [0, 0.1) is 0 Å². The molecule has 0 heterocycles. The lowest BCUT2D eigenvalue weighted by molar-refractivity contribution is 0.0952. The van der Waals surface area contributed by atoms with E-state index in [0.717, 1.165) is 5.56 Å². The van der Waals surface area contributed by atoms with Gasteiger partial charge < -0.3 is 15.8 Å². The summed E-state index contributed by atoms with van der Waals surface area (Å²) >= 11 is 6.03. The molecule has 0 aromatic heterocycles. The van der Waals surface area contributed by atoms with E-state index in [1.54, 1.807) is 31.4 Å². The standard InChI is InChI=1S/C15H15ClN2O2/c1-20-11-6-7-12(14(17)8-11)15(19)18-9-10-4-2-3-5-13(10)16/h2-8H,9,17H2,1H3,(H,18,19). The van der Waals surface area contributed by atoms with Crippen molar-refractivity contribution in [2.45, 2.75) is 6.54 Å². The molecule has 0 atom stereocenters. The second-order valence-corrected chi connectivity index (χ2v) is 4.63. The topological polar surface area (TPSA) is 64.3 Å². The lowest BCUT2D eigenvalue weighted by Crippen LogP contribution is -2.23.